The van der Waals surface area contributed by atoms with Gasteiger partial charge in [-0.2, -0.15) is 0 Å². The van der Waals surface area contributed by atoms with Crippen molar-refractivity contribution in [3.8, 4) is 17.2 Å². The molecule has 1 aromatic heterocycles. The maximum atomic E-state index is 13.2. The minimum absolute atomic E-state index is 0.153. The first-order chi connectivity index (χ1) is 15.5. The highest BCUT2D eigenvalue weighted by atomic mass is 19.1. The van der Waals surface area contributed by atoms with Gasteiger partial charge in [0, 0.05) is 32.7 Å². The normalized spacial score (nSPS) is 14.4. The van der Waals surface area contributed by atoms with Crippen molar-refractivity contribution in [1.29, 1.82) is 0 Å². The molecule has 32 heavy (non-hydrogen) atoms. The van der Waals surface area contributed by atoms with E-state index < -0.39 is 0 Å². The highest BCUT2D eigenvalue weighted by molar-refractivity contribution is 5.90. The Labute approximate surface area is 186 Å². The van der Waals surface area contributed by atoms with Crippen LogP contribution in [0.1, 0.15) is 22.0 Å². The van der Waals surface area contributed by atoms with Crippen molar-refractivity contribution >= 4 is 5.91 Å². The lowest BCUT2D eigenvalue weighted by Gasteiger charge is -2.34. The van der Waals surface area contributed by atoms with Crippen LogP contribution in [0.5, 0.6) is 11.5 Å². The van der Waals surface area contributed by atoms with Gasteiger partial charge in [0.2, 0.25) is 5.82 Å². The van der Waals surface area contributed by atoms with E-state index in [-0.39, 0.29) is 17.5 Å². The Bertz CT molecular complexity index is 1090. The molecule has 2 heterocycles. The highest BCUT2D eigenvalue weighted by Gasteiger charge is 2.26. The molecule has 0 atom stereocenters. The number of carbonyl (C=O) groups excluding carboxylic acids is 1. The van der Waals surface area contributed by atoms with E-state index in [9.17, 15) is 9.18 Å². The van der Waals surface area contributed by atoms with Gasteiger partial charge < -0.3 is 14.4 Å². The van der Waals surface area contributed by atoms with Crippen molar-refractivity contribution < 1.29 is 18.7 Å². The Morgan fingerprint density at radius 2 is 1.69 bits per heavy atom. The van der Waals surface area contributed by atoms with Crippen LogP contribution in [0.15, 0.2) is 42.5 Å². The fourth-order valence-electron chi connectivity index (χ4n) is 3.80. The number of methoxy groups -OCH3 is 2. The number of amides is 1. The number of benzene rings is 2. The second-order valence-corrected chi connectivity index (χ2v) is 7.63. The van der Waals surface area contributed by atoms with Gasteiger partial charge in [-0.05, 0) is 48.9 Å². The van der Waals surface area contributed by atoms with Crippen LogP contribution in [-0.4, -0.2) is 70.9 Å². The molecule has 0 N–H and O–H groups in total. The first kappa shape index (κ1) is 21.8. The summed E-state index contributed by atoms with van der Waals surface area (Å²) in [5.41, 5.74) is 1.79. The van der Waals surface area contributed by atoms with E-state index in [1.165, 1.54) is 12.1 Å². The van der Waals surface area contributed by atoms with Gasteiger partial charge in [-0.15, -0.1) is 5.10 Å². The van der Waals surface area contributed by atoms with Gasteiger partial charge in [-0.25, -0.2) is 14.1 Å². The maximum Gasteiger partial charge on any atom is 0.293 e. The lowest BCUT2D eigenvalue weighted by molar-refractivity contribution is 0.0616. The van der Waals surface area contributed by atoms with E-state index in [0.717, 1.165) is 25.2 Å². The van der Waals surface area contributed by atoms with Crippen molar-refractivity contribution in [2.75, 3.05) is 40.4 Å². The number of aromatic nitrogens is 3. The Morgan fingerprint density at radius 1 is 1.00 bits per heavy atom. The van der Waals surface area contributed by atoms with Crippen LogP contribution in [0.25, 0.3) is 5.69 Å². The average Bonchev–Trinajstić information content (AvgIpc) is 3.21. The molecule has 168 valence electrons. The fraction of sp³-hybridized carbons (Fsp3) is 0.348. The zero-order valence-corrected chi connectivity index (χ0v) is 18.4. The van der Waals surface area contributed by atoms with E-state index in [0.29, 0.717) is 36.1 Å². The zero-order chi connectivity index (χ0) is 22.7. The lowest BCUT2D eigenvalue weighted by Crippen LogP contribution is -2.48. The molecular formula is C23H26FN5O3. The molecule has 1 amide bonds. The molecule has 0 saturated carbocycles. The number of ether oxygens (including phenoxy) is 2. The van der Waals surface area contributed by atoms with Crippen LogP contribution in [-0.2, 0) is 6.54 Å². The quantitative estimate of drug-likeness (QED) is 0.588. The summed E-state index contributed by atoms with van der Waals surface area (Å²) in [4.78, 5) is 21.3. The first-order valence-electron chi connectivity index (χ1n) is 10.4. The maximum absolute atomic E-state index is 13.2. The minimum Gasteiger partial charge on any atom is -0.493 e. The molecule has 0 unspecified atom stereocenters. The molecular weight excluding hydrogens is 413 g/mol. The predicted molar refractivity (Wildman–Crippen MR) is 117 cm³/mol. The lowest BCUT2D eigenvalue weighted by atomic mass is 10.1. The van der Waals surface area contributed by atoms with Crippen LogP contribution in [0.4, 0.5) is 4.39 Å². The molecule has 0 bridgehead atoms. The second kappa shape index (κ2) is 9.35. The third-order valence-corrected chi connectivity index (χ3v) is 5.55. The Morgan fingerprint density at radius 3 is 2.34 bits per heavy atom. The molecule has 0 spiro atoms. The van der Waals surface area contributed by atoms with Crippen LogP contribution >= 0.6 is 0 Å². The summed E-state index contributed by atoms with van der Waals surface area (Å²) in [6.45, 7) is 5.22. The number of hydrogen-bond acceptors (Lipinski definition) is 6. The molecule has 1 fully saturated rings. The summed E-state index contributed by atoms with van der Waals surface area (Å²) < 4.78 is 25.4. The summed E-state index contributed by atoms with van der Waals surface area (Å²) in [5, 5.41) is 4.36. The number of carbonyl (C=O) groups is 1. The van der Waals surface area contributed by atoms with Crippen LogP contribution in [0.2, 0.25) is 0 Å². The van der Waals surface area contributed by atoms with Gasteiger partial charge in [-0.3, -0.25) is 9.69 Å². The molecule has 8 nitrogen and oxygen atoms in total. The van der Waals surface area contributed by atoms with E-state index in [2.05, 4.69) is 15.0 Å². The number of piperazine rings is 1. The van der Waals surface area contributed by atoms with Gasteiger partial charge in [0.05, 0.1) is 19.9 Å². The van der Waals surface area contributed by atoms with Gasteiger partial charge in [0.15, 0.2) is 11.5 Å². The number of halogens is 1. The molecule has 1 aliphatic rings. The largest absolute Gasteiger partial charge is 0.493 e. The molecule has 1 aliphatic heterocycles. The third-order valence-electron chi connectivity index (χ3n) is 5.55. The summed E-state index contributed by atoms with van der Waals surface area (Å²) in [7, 11) is 3.24. The monoisotopic (exact) mass is 439 g/mol. The van der Waals surface area contributed by atoms with E-state index >= 15 is 0 Å². The van der Waals surface area contributed by atoms with Crippen molar-refractivity contribution in [3.05, 3.63) is 65.5 Å². The zero-order valence-electron chi connectivity index (χ0n) is 18.4. The SMILES string of the molecule is COc1ccc(CN2CCN(C(=O)c3nc(C)n(-c4ccc(F)cc4)n3)CC2)cc1OC. The highest BCUT2D eigenvalue weighted by Crippen LogP contribution is 2.28. The summed E-state index contributed by atoms with van der Waals surface area (Å²) in [6.07, 6.45) is 0. The molecule has 0 aliphatic carbocycles. The Balaban J connectivity index is 1.38. The van der Waals surface area contributed by atoms with Gasteiger partial charge >= 0.3 is 0 Å². The predicted octanol–water partition coefficient (Wildman–Crippen LogP) is 2.69. The smallest absolute Gasteiger partial charge is 0.293 e. The Hall–Kier alpha value is -3.46. The van der Waals surface area contributed by atoms with Gasteiger partial charge in [0.25, 0.3) is 5.91 Å². The topological polar surface area (TPSA) is 72.7 Å². The van der Waals surface area contributed by atoms with Crippen LogP contribution < -0.4 is 9.47 Å². The van der Waals surface area contributed by atoms with Gasteiger partial charge in [-0.1, -0.05) is 6.07 Å². The van der Waals surface area contributed by atoms with Crippen LogP contribution in [0, 0.1) is 12.7 Å². The number of hydrogen-bond donors (Lipinski definition) is 0. The van der Waals surface area contributed by atoms with Crippen molar-refractivity contribution in [3.63, 3.8) is 0 Å². The molecule has 9 heteroatoms. The molecule has 3 aromatic rings. The van der Waals surface area contributed by atoms with Crippen LogP contribution in [0.3, 0.4) is 0 Å². The third kappa shape index (κ3) is 4.57. The average molecular weight is 439 g/mol. The van der Waals surface area contributed by atoms with E-state index in [1.807, 2.05) is 18.2 Å². The molecule has 0 radical (unpaired) electrons. The minimum atomic E-state index is -0.325. The Kier molecular flexibility index (Phi) is 6.36. The number of aryl methyl sites for hydroxylation is 1. The van der Waals surface area contributed by atoms with E-state index in [1.54, 1.807) is 42.9 Å². The summed E-state index contributed by atoms with van der Waals surface area (Å²) in [5.74, 6) is 1.62. The first-order valence-corrected chi connectivity index (χ1v) is 10.4. The molecule has 4 rings (SSSR count). The molecule has 1 saturated heterocycles. The fourth-order valence-corrected chi connectivity index (χ4v) is 3.80. The van der Waals surface area contributed by atoms with E-state index in [4.69, 9.17) is 9.47 Å². The summed E-state index contributed by atoms with van der Waals surface area (Å²) in [6, 6.07) is 11.8. The number of rotatable bonds is 6. The standard InChI is InChI=1S/C23H26FN5O3/c1-16-25-22(26-29(16)19-7-5-18(24)6-8-19)23(30)28-12-10-27(11-13-28)15-17-4-9-20(31-2)21(14-17)32-3/h4-9,14H,10-13,15H2,1-3H3. The number of nitrogens with zero attached hydrogens (tertiary/aromatic N) is 5. The summed E-state index contributed by atoms with van der Waals surface area (Å²) >= 11 is 0. The van der Waals surface area contributed by atoms with Crippen molar-refractivity contribution in [2.24, 2.45) is 0 Å². The van der Waals surface area contributed by atoms with Crippen molar-refractivity contribution in [2.45, 2.75) is 13.5 Å². The van der Waals surface area contributed by atoms with Gasteiger partial charge in [0.1, 0.15) is 11.6 Å². The second-order valence-electron chi connectivity index (χ2n) is 7.63. The molecule has 2 aromatic carbocycles. The van der Waals surface area contributed by atoms with Crippen molar-refractivity contribution in [1.82, 2.24) is 24.6 Å².